The van der Waals surface area contributed by atoms with Gasteiger partial charge in [-0.2, -0.15) is 0 Å². The van der Waals surface area contributed by atoms with Crippen LogP contribution < -0.4 is 5.32 Å². The van der Waals surface area contributed by atoms with Gasteiger partial charge in [-0.3, -0.25) is 4.79 Å². The van der Waals surface area contributed by atoms with Crippen molar-refractivity contribution in [2.75, 3.05) is 5.32 Å². The van der Waals surface area contributed by atoms with Crippen LogP contribution in [0.15, 0.2) is 48.5 Å². The maximum Gasteiger partial charge on any atom is 0.255 e. The van der Waals surface area contributed by atoms with E-state index < -0.39 is 6.10 Å². The Hall–Kier alpha value is -2.13. The molecule has 2 aromatic rings. The van der Waals surface area contributed by atoms with Crippen molar-refractivity contribution >= 4 is 11.6 Å². The lowest BCUT2D eigenvalue weighted by Crippen LogP contribution is -2.15. The van der Waals surface area contributed by atoms with E-state index in [1.54, 1.807) is 13.0 Å². The van der Waals surface area contributed by atoms with Crippen LogP contribution in [0.4, 0.5) is 5.69 Å². The fourth-order valence-corrected chi connectivity index (χ4v) is 2.21. The Balaban J connectivity index is 2.28. The smallest absolute Gasteiger partial charge is 0.255 e. The summed E-state index contributed by atoms with van der Waals surface area (Å²) in [4.78, 5) is 12.4. The zero-order valence-corrected chi connectivity index (χ0v) is 11.8. The van der Waals surface area contributed by atoms with E-state index >= 15 is 0 Å². The number of carbonyl (C=O) groups excluding carboxylic acids is 1. The van der Waals surface area contributed by atoms with Crippen LogP contribution >= 0.6 is 0 Å². The van der Waals surface area contributed by atoms with Gasteiger partial charge in [-0.15, -0.1) is 0 Å². The highest BCUT2D eigenvalue weighted by atomic mass is 16.3. The van der Waals surface area contributed by atoms with Gasteiger partial charge in [0.05, 0.1) is 6.10 Å². The molecule has 3 nitrogen and oxygen atoms in total. The van der Waals surface area contributed by atoms with E-state index in [1.807, 2.05) is 49.4 Å². The fraction of sp³-hybridized carbons (Fsp3) is 0.235. The number of hydrogen-bond donors (Lipinski definition) is 2. The molecule has 1 atom stereocenters. The second kappa shape index (κ2) is 6.35. The maximum atomic E-state index is 12.4. The summed E-state index contributed by atoms with van der Waals surface area (Å²) in [7, 11) is 0. The summed E-state index contributed by atoms with van der Waals surface area (Å²) in [5, 5.41) is 12.6. The molecule has 1 unspecified atom stereocenters. The van der Waals surface area contributed by atoms with Gasteiger partial charge in [0.25, 0.3) is 5.91 Å². The van der Waals surface area contributed by atoms with Crippen molar-refractivity contribution in [3.05, 3.63) is 65.2 Å². The predicted molar refractivity (Wildman–Crippen MR) is 80.8 cm³/mol. The third-order valence-electron chi connectivity index (χ3n) is 3.30. The Labute approximate surface area is 119 Å². The van der Waals surface area contributed by atoms with Gasteiger partial charge in [0.1, 0.15) is 0 Å². The van der Waals surface area contributed by atoms with E-state index in [-0.39, 0.29) is 5.91 Å². The normalized spacial score (nSPS) is 11.9. The largest absolute Gasteiger partial charge is 0.389 e. The van der Waals surface area contributed by atoms with E-state index in [4.69, 9.17) is 0 Å². The molecule has 3 heteroatoms. The first-order chi connectivity index (χ1) is 9.63. The van der Waals surface area contributed by atoms with Crippen LogP contribution in [0.3, 0.4) is 0 Å². The number of rotatable bonds is 4. The minimum atomic E-state index is -0.618. The molecule has 0 aliphatic heterocycles. The number of carbonyl (C=O) groups is 1. The zero-order chi connectivity index (χ0) is 14.5. The number of benzene rings is 2. The number of aryl methyl sites for hydroxylation is 1. The molecule has 1 amide bonds. The minimum Gasteiger partial charge on any atom is -0.389 e. The molecular formula is C17H19NO2. The molecule has 2 rings (SSSR count). The monoisotopic (exact) mass is 269 g/mol. The van der Waals surface area contributed by atoms with Crippen LogP contribution in [0.5, 0.6) is 0 Å². The molecule has 104 valence electrons. The molecule has 0 spiro atoms. The predicted octanol–water partition coefficient (Wildman–Crippen LogP) is 3.55. The van der Waals surface area contributed by atoms with Crippen LogP contribution in [0.25, 0.3) is 0 Å². The van der Waals surface area contributed by atoms with Gasteiger partial charge in [-0.25, -0.2) is 0 Å². The summed E-state index contributed by atoms with van der Waals surface area (Å²) in [5.74, 6) is -0.143. The van der Waals surface area contributed by atoms with Crippen molar-refractivity contribution in [1.29, 1.82) is 0 Å². The Kier molecular flexibility index (Phi) is 4.53. The van der Waals surface area contributed by atoms with Crippen LogP contribution in [0.1, 0.15) is 41.4 Å². The molecule has 0 aliphatic rings. The van der Waals surface area contributed by atoms with Gasteiger partial charge in [-0.1, -0.05) is 43.3 Å². The second-order valence-corrected chi connectivity index (χ2v) is 4.73. The molecule has 20 heavy (non-hydrogen) atoms. The average molecular weight is 269 g/mol. The van der Waals surface area contributed by atoms with Crippen molar-refractivity contribution < 1.29 is 9.90 Å². The molecule has 2 aromatic carbocycles. The van der Waals surface area contributed by atoms with Crippen molar-refractivity contribution in [2.24, 2.45) is 0 Å². The van der Waals surface area contributed by atoms with Gasteiger partial charge in [-0.05, 0) is 31.0 Å². The lowest BCUT2D eigenvalue weighted by atomic mass is 10.0. The Morgan fingerprint density at radius 3 is 2.50 bits per heavy atom. The molecule has 0 aromatic heterocycles. The highest BCUT2D eigenvalue weighted by Crippen LogP contribution is 2.23. The van der Waals surface area contributed by atoms with Crippen molar-refractivity contribution in [3.8, 4) is 0 Å². The van der Waals surface area contributed by atoms with Gasteiger partial charge in [0.2, 0.25) is 0 Å². The first-order valence-corrected chi connectivity index (χ1v) is 6.79. The standard InChI is InChI=1S/C17H19NO2/c1-3-13-8-4-5-10-15(13)17(20)18-16-11-7-6-9-14(16)12(2)19/h4-12,19H,3H2,1-2H3,(H,18,20). The SMILES string of the molecule is CCc1ccccc1C(=O)Nc1ccccc1C(C)O. The lowest BCUT2D eigenvalue weighted by Gasteiger charge is -2.14. The molecule has 0 saturated carbocycles. The quantitative estimate of drug-likeness (QED) is 0.891. The number of anilines is 1. The van der Waals surface area contributed by atoms with E-state index in [0.29, 0.717) is 11.3 Å². The van der Waals surface area contributed by atoms with Crippen molar-refractivity contribution in [3.63, 3.8) is 0 Å². The number of aliphatic hydroxyl groups excluding tert-OH is 1. The zero-order valence-electron chi connectivity index (χ0n) is 11.8. The van der Waals surface area contributed by atoms with Gasteiger partial charge < -0.3 is 10.4 Å². The first kappa shape index (κ1) is 14.3. The molecule has 0 fully saturated rings. The topological polar surface area (TPSA) is 49.3 Å². The summed E-state index contributed by atoms with van der Waals surface area (Å²) in [6, 6.07) is 14.9. The fourth-order valence-electron chi connectivity index (χ4n) is 2.21. The number of hydrogen-bond acceptors (Lipinski definition) is 2. The van der Waals surface area contributed by atoms with Crippen LogP contribution in [0, 0.1) is 0 Å². The Morgan fingerprint density at radius 1 is 1.15 bits per heavy atom. The molecule has 0 aliphatic carbocycles. The van der Waals surface area contributed by atoms with E-state index in [9.17, 15) is 9.90 Å². The average Bonchev–Trinajstić information content (AvgIpc) is 2.47. The Morgan fingerprint density at radius 2 is 1.80 bits per heavy atom. The number of amides is 1. The van der Waals surface area contributed by atoms with E-state index in [1.165, 1.54) is 0 Å². The van der Waals surface area contributed by atoms with Gasteiger partial charge >= 0.3 is 0 Å². The molecule has 0 bridgehead atoms. The number of aliphatic hydroxyl groups is 1. The number of para-hydroxylation sites is 1. The highest BCUT2D eigenvalue weighted by molar-refractivity contribution is 6.05. The third kappa shape index (κ3) is 3.06. The summed E-state index contributed by atoms with van der Waals surface area (Å²) in [6.45, 7) is 3.71. The second-order valence-electron chi connectivity index (χ2n) is 4.73. The van der Waals surface area contributed by atoms with Crippen molar-refractivity contribution in [2.45, 2.75) is 26.4 Å². The van der Waals surface area contributed by atoms with E-state index in [0.717, 1.165) is 17.5 Å². The highest BCUT2D eigenvalue weighted by Gasteiger charge is 2.13. The van der Waals surface area contributed by atoms with Crippen LogP contribution in [-0.4, -0.2) is 11.0 Å². The molecular weight excluding hydrogens is 250 g/mol. The summed E-state index contributed by atoms with van der Waals surface area (Å²) >= 11 is 0. The minimum absolute atomic E-state index is 0.143. The summed E-state index contributed by atoms with van der Waals surface area (Å²) in [5.41, 5.74) is 3.06. The summed E-state index contributed by atoms with van der Waals surface area (Å²) < 4.78 is 0. The molecule has 2 N–H and O–H groups in total. The lowest BCUT2D eigenvalue weighted by molar-refractivity contribution is 0.102. The summed E-state index contributed by atoms with van der Waals surface area (Å²) in [6.07, 6.45) is 0.190. The van der Waals surface area contributed by atoms with Gasteiger partial charge in [0.15, 0.2) is 0 Å². The number of nitrogens with one attached hydrogen (secondary N) is 1. The molecule has 0 saturated heterocycles. The van der Waals surface area contributed by atoms with Gasteiger partial charge in [0, 0.05) is 16.8 Å². The van der Waals surface area contributed by atoms with Crippen LogP contribution in [-0.2, 0) is 6.42 Å². The molecule has 0 heterocycles. The van der Waals surface area contributed by atoms with Crippen molar-refractivity contribution in [1.82, 2.24) is 0 Å². The maximum absolute atomic E-state index is 12.4. The molecule has 0 radical (unpaired) electrons. The third-order valence-corrected chi connectivity index (χ3v) is 3.30. The van der Waals surface area contributed by atoms with E-state index in [2.05, 4.69) is 5.32 Å². The Bertz CT molecular complexity index is 605. The van der Waals surface area contributed by atoms with Crippen LogP contribution in [0.2, 0.25) is 0 Å². The first-order valence-electron chi connectivity index (χ1n) is 6.79.